The third kappa shape index (κ3) is 2.09. The first-order chi connectivity index (χ1) is 9.74. The number of hydrogen-bond acceptors (Lipinski definition) is 5. The van der Waals surface area contributed by atoms with Gasteiger partial charge in [-0.1, -0.05) is 41.9 Å². The largest absolute Gasteiger partial charge is 0.469 e. The molecule has 0 aliphatic heterocycles. The molecule has 1 aliphatic carbocycles. The zero-order chi connectivity index (χ0) is 14.0. The second kappa shape index (κ2) is 5.07. The van der Waals surface area contributed by atoms with Gasteiger partial charge in [0.1, 0.15) is 6.42 Å². The zero-order valence-electron chi connectivity index (χ0n) is 11.3. The Bertz CT molecular complexity index is 603. The lowest BCUT2D eigenvalue weighted by Gasteiger charge is -2.39. The van der Waals surface area contributed by atoms with Gasteiger partial charge in [0.05, 0.1) is 12.5 Å². The molecule has 0 atom stereocenters. The summed E-state index contributed by atoms with van der Waals surface area (Å²) in [6, 6.07) is 10.2. The van der Waals surface area contributed by atoms with Gasteiger partial charge in [0, 0.05) is 0 Å². The molecule has 0 bridgehead atoms. The molecule has 3 rings (SSSR count). The van der Waals surface area contributed by atoms with Crippen LogP contribution in [0.5, 0.6) is 0 Å². The number of carbonyl (C=O) groups excluding carboxylic acids is 1. The van der Waals surface area contributed by atoms with Crippen molar-refractivity contribution in [1.82, 2.24) is 10.1 Å². The first kappa shape index (κ1) is 12.8. The van der Waals surface area contributed by atoms with Gasteiger partial charge in [-0.25, -0.2) is 0 Å². The molecule has 2 aromatic rings. The van der Waals surface area contributed by atoms with Crippen LogP contribution in [0.25, 0.3) is 0 Å². The number of benzene rings is 1. The predicted molar refractivity (Wildman–Crippen MR) is 71.1 cm³/mol. The zero-order valence-corrected chi connectivity index (χ0v) is 11.3. The number of hydrogen-bond donors (Lipinski definition) is 0. The van der Waals surface area contributed by atoms with E-state index in [-0.39, 0.29) is 17.8 Å². The lowest BCUT2D eigenvalue weighted by atomic mass is 9.64. The maximum absolute atomic E-state index is 11.2. The number of nitrogens with zero attached hydrogens (tertiary/aromatic N) is 2. The maximum atomic E-state index is 11.2. The molecule has 1 heterocycles. The van der Waals surface area contributed by atoms with Gasteiger partial charge >= 0.3 is 5.97 Å². The van der Waals surface area contributed by atoms with Crippen LogP contribution in [0, 0.1) is 0 Å². The fourth-order valence-corrected chi connectivity index (χ4v) is 2.65. The topological polar surface area (TPSA) is 65.2 Å². The molecule has 0 amide bonds. The molecule has 0 N–H and O–H groups in total. The Morgan fingerprint density at radius 1 is 1.35 bits per heavy atom. The van der Waals surface area contributed by atoms with Gasteiger partial charge in [0.25, 0.3) is 0 Å². The first-order valence-electron chi connectivity index (χ1n) is 6.70. The molecule has 1 aromatic carbocycles. The molecule has 0 saturated heterocycles. The van der Waals surface area contributed by atoms with Crippen molar-refractivity contribution in [2.45, 2.75) is 31.1 Å². The van der Waals surface area contributed by atoms with Gasteiger partial charge in [-0.3, -0.25) is 4.79 Å². The van der Waals surface area contributed by atoms with Crippen molar-refractivity contribution >= 4 is 5.97 Å². The van der Waals surface area contributed by atoms with E-state index in [1.807, 2.05) is 18.2 Å². The van der Waals surface area contributed by atoms with E-state index in [0.717, 1.165) is 19.3 Å². The van der Waals surface area contributed by atoms with Crippen molar-refractivity contribution in [3.05, 3.63) is 47.6 Å². The summed E-state index contributed by atoms with van der Waals surface area (Å²) in [5, 5.41) is 4.08. The summed E-state index contributed by atoms with van der Waals surface area (Å²) in [6.07, 6.45) is 3.19. The first-order valence-corrected chi connectivity index (χ1v) is 6.70. The highest BCUT2D eigenvalue weighted by molar-refractivity contribution is 5.71. The van der Waals surface area contributed by atoms with Crippen LogP contribution in [0.4, 0.5) is 0 Å². The summed E-state index contributed by atoms with van der Waals surface area (Å²) in [5.41, 5.74) is 1.05. The Morgan fingerprint density at radius 3 is 2.70 bits per heavy atom. The molecule has 1 fully saturated rings. The maximum Gasteiger partial charge on any atom is 0.315 e. The van der Waals surface area contributed by atoms with Gasteiger partial charge in [0.15, 0.2) is 5.82 Å². The van der Waals surface area contributed by atoms with Gasteiger partial charge < -0.3 is 9.26 Å². The van der Waals surface area contributed by atoms with E-state index >= 15 is 0 Å². The average molecular weight is 272 g/mol. The number of ether oxygens (including phenoxy) is 1. The molecular formula is C15H16N2O3. The number of rotatable bonds is 4. The van der Waals surface area contributed by atoms with Gasteiger partial charge in [0.2, 0.25) is 5.89 Å². The summed E-state index contributed by atoms with van der Waals surface area (Å²) >= 11 is 0. The molecule has 0 unspecified atom stereocenters. The molecule has 5 heteroatoms. The predicted octanol–water partition coefficient (Wildman–Crippen LogP) is 2.26. The highest BCUT2D eigenvalue weighted by Gasteiger charge is 2.44. The average Bonchev–Trinajstić information content (AvgIpc) is 2.87. The van der Waals surface area contributed by atoms with Crippen LogP contribution in [0.2, 0.25) is 0 Å². The van der Waals surface area contributed by atoms with E-state index in [2.05, 4.69) is 27.0 Å². The lowest BCUT2D eigenvalue weighted by Crippen LogP contribution is -2.36. The van der Waals surface area contributed by atoms with Gasteiger partial charge in [-0.05, 0) is 18.4 Å². The summed E-state index contributed by atoms with van der Waals surface area (Å²) in [6.45, 7) is 0. The monoisotopic (exact) mass is 272 g/mol. The molecule has 5 nitrogen and oxygen atoms in total. The molecule has 0 spiro atoms. The molecule has 1 saturated carbocycles. The normalized spacial score (nSPS) is 16.4. The quantitative estimate of drug-likeness (QED) is 0.799. The second-order valence-corrected chi connectivity index (χ2v) is 5.07. The van der Waals surface area contributed by atoms with E-state index in [4.69, 9.17) is 4.52 Å². The van der Waals surface area contributed by atoms with E-state index < -0.39 is 0 Å². The summed E-state index contributed by atoms with van der Waals surface area (Å²) in [4.78, 5) is 15.6. The minimum atomic E-state index is -0.373. The minimum absolute atomic E-state index is 0.0222. The molecule has 1 aliphatic rings. The molecule has 0 radical (unpaired) electrons. The molecule has 104 valence electrons. The second-order valence-electron chi connectivity index (χ2n) is 5.07. The van der Waals surface area contributed by atoms with Crippen LogP contribution >= 0.6 is 0 Å². The fraction of sp³-hybridized carbons (Fsp3) is 0.400. The number of carbonyl (C=O) groups is 1. The summed E-state index contributed by atoms with van der Waals surface area (Å²) < 4.78 is 9.79. The number of methoxy groups -OCH3 is 1. The summed E-state index contributed by atoms with van der Waals surface area (Å²) in [5.74, 6) is 0.616. The molecular weight excluding hydrogens is 256 g/mol. The van der Waals surface area contributed by atoms with Crippen LogP contribution in [-0.4, -0.2) is 23.2 Å². The Labute approximate surface area is 116 Å². The SMILES string of the molecule is COC(=O)Cc1nc(C2(c3ccccc3)CCC2)no1. The van der Waals surface area contributed by atoms with Crippen LogP contribution < -0.4 is 0 Å². The minimum Gasteiger partial charge on any atom is -0.469 e. The van der Waals surface area contributed by atoms with E-state index in [1.165, 1.54) is 12.7 Å². The smallest absolute Gasteiger partial charge is 0.315 e. The van der Waals surface area contributed by atoms with E-state index in [9.17, 15) is 4.79 Å². The van der Waals surface area contributed by atoms with Crippen molar-refractivity contribution in [3.8, 4) is 0 Å². The van der Waals surface area contributed by atoms with E-state index in [1.54, 1.807) is 0 Å². The lowest BCUT2D eigenvalue weighted by molar-refractivity contribution is -0.140. The number of esters is 1. The number of aromatic nitrogens is 2. The van der Waals surface area contributed by atoms with Crippen molar-refractivity contribution in [1.29, 1.82) is 0 Å². The standard InChI is InChI=1S/C15H16N2O3/c1-19-13(18)10-12-16-14(17-20-12)15(8-5-9-15)11-6-3-2-4-7-11/h2-4,6-7H,5,8-10H2,1H3. The summed E-state index contributed by atoms with van der Waals surface area (Å²) in [7, 11) is 1.34. The third-order valence-corrected chi connectivity index (χ3v) is 3.95. The van der Waals surface area contributed by atoms with Crippen molar-refractivity contribution in [2.75, 3.05) is 7.11 Å². The third-order valence-electron chi connectivity index (χ3n) is 3.95. The Kier molecular flexibility index (Phi) is 3.26. The van der Waals surface area contributed by atoms with Crippen LogP contribution in [-0.2, 0) is 21.4 Å². The fourth-order valence-electron chi connectivity index (χ4n) is 2.65. The Morgan fingerprint density at radius 2 is 2.10 bits per heavy atom. The van der Waals surface area contributed by atoms with Crippen LogP contribution in [0.1, 0.15) is 36.5 Å². The van der Waals surface area contributed by atoms with Crippen LogP contribution in [0.15, 0.2) is 34.9 Å². The van der Waals surface area contributed by atoms with Crippen molar-refractivity contribution in [3.63, 3.8) is 0 Å². The molecule has 20 heavy (non-hydrogen) atoms. The highest BCUT2D eigenvalue weighted by atomic mass is 16.5. The van der Waals surface area contributed by atoms with Gasteiger partial charge in [-0.15, -0.1) is 0 Å². The molecule has 1 aromatic heterocycles. The van der Waals surface area contributed by atoms with Crippen molar-refractivity contribution < 1.29 is 14.1 Å². The Balaban J connectivity index is 1.89. The van der Waals surface area contributed by atoms with Gasteiger partial charge in [-0.2, -0.15) is 4.98 Å². The van der Waals surface area contributed by atoms with Crippen molar-refractivity contribution in [2.24, 2.45) is 0 Å². The van der Waals surface area contributed by atoms with E-state index in [0.29, 0.717) is 11.7 Å². The van der Waals surface area contributed by atoms with Crippen LogP contribution in [0.3, 0.4) is 0 Å². The highest BCUT2D eigenvalue weighted by Crippen LogP contribution is 2.47. The Hall–Kier alpha value is -2.17.